The van der Waals surface area contributed by atoms with E-state index in [1.54, 1.807) is 0 Å². The molecular formula is C18H25Cl3O2. The molecule has 1 aromatic carbocycles. The number of carbonyl (C=O) groups is 1. The van der Waals surface area contributed by atoms with Crippen molar-refractivity contribution in [3.63, 3.8) is 0 Å². The molecule has 1 aromatic rings. The number of halogens is 3. The van der Waals surface area contributed by atoms with Crippen molar-refractivity contribution >= 4 is 40.6 Å². The summed E-state index contributed by atoms with van der Waals surface area (Å²) in [6.45, 7) is 2.22. The van der Waals surface area contributed by atoms with E-state index in [0.29, 0.717) is 6.42 Å². The van der Waals surface area contributed by atoms with E-state index in [0.717, 1.165) is 19.3 Å². The molecule has 0 heterocycles. The highest BCUT2D eigenvalue weighted by Crippen LogP contribution is 2.39. The van der Waals surface area contributed by atoms with Crippen LogP contribution in [0, 0.1) is 0 Å². The molecule has 0 fully saturated rings. The van der Waals surface area contributed by atoms with E-state index in [1.807, 2.05) is 0 Å². The zero-order valence-electron chi connectivity index (χ0n) is 13.6. The molecule has 1 N–H and O–H groups in total. The fraction of sp³-hybridized carbons (Fsp3) is 0.611. The molecule has 0 atom stereocenters. The first-order valence-corrected chi connectivity index (χ1v) is 9.52. The molecule has 0 saturated carbocycles. The SMILES string of the molecule is CCCCCCCCCCCC(=O)c1c(O)cc(Cl)c(Cl)c1Cl. The van der Waals surface area contributed by atoms with Gasteiger partial charge in [-0.25, -0.2) is 0 Å². The Hall–Kier alpha value is -0.440. The Morgan fingerprint density at radius 1 is 0.913 bits per heavy atom. The zero-order valence-corrected chi connectivity index (χ0v) is 15.9. The van der Waals surface area contributed by atoms with Gasteiger partial charge in [-0.2, -0.15) is 0 Å². The fourth-order valence-electron chi connectivity index (χ4n) is 2.57. The standard InChI is InChI=1S/C18H25Cl3O2/c1-2-3-4-5-6-7-8-9-10-11-14(22)16-15(23)12-13(19)17(20)18(16)21/h12,23H,2-11H2,1H3. The monoisotopic (exact) mass is 378 g/mol. The number of unbranched alkanes of at least 4 members (excludes halogenated alkanes) is 8. The molecule has 23 heavy (non-hydrogen) atoms. The minimum Gasteiger partial charge on any atom is -0.507 e. The summed E-state index contributed by atoms with van der Waals surface area (Å²) in [7, 11) is 0. The number of aromatic hydroxyl groups is 1. The largest absolute Gasteiger partial charge is 0.507 e. The van der Waals surface area contributed by atoms with E-state index in [4.69, 9.17) is 34.8 Å². The number of ketones is 1. The Bertz CT molecular complexity index is 515. The van der Waals surface area contributed by atoms with Gasteiger partial charge in [0.2, 0.25) is 0 Å². The van der Waals surface area contributed by atoms with E-state index in [9.17, 15) is 9.90 Å². The molecule has 0 aliphatic heterocycles. The van der Waals surface area contributed by atoms with Gasteiger partial charge < -0.3 is 5.11 Å². The number of hydrogen-bond acceptors (Lipinski definition) is 2. The lowest BCUT2D eigenvalue weighted by Gasteiger charge is -2.09. The van der Waals surface area contributed by atoms with E-state index >= 15 is 0 Å². The van der Waals surface area contributed by atoms with Gasteiger partial charge in [-0.3, -0.25) is 4.79 Å². The number of phenols is 1. The lowest BCUT2D eigenvalue weighted by molar-refractivity contribution is 0.0976. The zero-order chi connectivity index (χ0) is 17.2. The normalized spacial score (nSPS) is 11.0. The Morgan fingerprint density at radius 3 is 2.00 bits per heavy atom. The van der Waals surface area contributed by atoms with Crippen LogP contribution in [0.4, 0.5) is 0 Å². The molecule has 0 saturated heterocycles. The van der Waals surface area contributed by atoms with Crippen LogP contribution < -0.4 is 0 Å². The first kappa shape index (κ1) is 20.6. The van der Waals surface area contributed by atoms with Crippen LogP contribution in [0.2, 0.25) is 15.1 Å². The third kappa shape index (κ3) is 6.91. The summed E-state index contributed by atoms with van der Waals surface area (Å²) < 4.78 is 0. The maximum Gasteiger partial charge on any atom is 0.168 e. The number of Topliss-reactive ketones (excluding diaryl/α,β-unsaturated/α-hetero) is 1. The summed E-state index contributed by atoms with van der Waals surface area (Å²) in [5, 5.41) is 10.2. The van der Waals surface area contributed by atoms with Crippen LogP contribution in [0.5, 0.6) is 5.75 Å². The van der Waals surface area contributed by atoms with Crippen LogP contribution in [0.25, 0.3) is 0 Å². The van der Waals surface area contributed by atoms with Gasteiger partial charge in [-0.1, -0.05) is 93.1 Å². The third-order valence-electron chi connectivity index (χ3n) is 3.93. The second kappa shape index (κ2) is 11.2. The van der Waals surface area contributed by atoms with Crippen molar-refractivity contribution in [1.82, 2.24) is 0 Å². The second-order valence-corrected chi connectivity index (χ2v) is 7.05. The molecule has 0 bridgehead atoms. The van der Waals surface area contributed by atoms with E-state index < -0.39 is 0 Å². The molecule has 5 heteroatoms. The molecule has 0 radical (unpaired) electrons. The van der Waals surface area contributed by atoms with Crippen LogP contribution in [0.15, 0.2) is 6.07 Å². The number of phenolic OH excluding ortho intramolecular Hbond substituents is 1. The molecule has 0 unspecified atom stereocenters. The van der Waals surface area contributed by atoms with Gasteiger partial charge in [-0.05, 0) is 6.42 Å². The molecule has 0 amide bonds. The summed E-state index contributed by atoms with van der Waals surface area (Å²) in [5.74, 6) is -0.390. The highest BCUT2D eigenvalue weighted by Gasteiger charge is 2.20. The lowest BCUT2D eigenvalue weighted by atomic mass is 10.0. The summed E-state index contributed by atoms with van der Waals surface area (Å²) in [5.41, 5.74) is 0.0839. The average molecular weight is 380 g/mol. The van der Waals surface area contributed by atoms with Crippen molar-refractivity contribution in [2.45, 2.75) is 71.1 Å². The smallest absolute Gasteiger partial charge is 0.168 e. The topological polar surface area (TPSA) is 37.3 Å². The van der Waals surface area contributed by atoms with E-state index in [-0.39, 0.29) is 32.2 Å². The number of hydrogen-bond donors (Lipinski definition) is 1. The lowest BCUT2D eigenvalue weighted by Crippen LogP contribution is -2.01. The molecule has 1 rings (SSSR count). The summed E-state index contributed by atoms with van der Waals surface area (Å²) in [6.07, 6.45) is 11.0. The first-order valence-electron chi connectivity index (χ1n) is 8.38. The quantitative estimate of drug-likeness (QED) is 0.246. The van der Waals surface area contributed by atoms with Crippen molar-refractivity contribution in [2.75, 3.05) is 0 Å². The Kier molecular flexibility index (Phi) is 10.0. The van der Waals surface area contributed by atoms with E-state index in [2.05, 4.69) is 6.92 Å². The molecule has 0 aliphatic rings. The van der Waals surface area contributed by atoms with Gasteiger partial charge in [0.25, 0.3) is 0 Å². The number of benzene rings is 1. The molecular weight excluding hydrogens is 355 g/mol. The number of rotatable bonds is 11. The predicted octanol–water partition coefficient (Wildman–Crippen LogP) is 7.46. The predicted molar refractivity (Wildman–Crippen MR) is 99.3 cm³/mol. The number of carbonyl (C=O) groups excluding carboxylic acids is 1. The Balaban J connectivity index is 2.31. The molecule has 0 aromatic heterocycles. The average Bonchev–Trinajstić information content (AvgIpc) is 2.51. The Morgan fingerprint density at radius 2 is 1.43 bits per heavy atom. The summed E-state index contributed by atoms with van der Waals surface area (Å²) in [4.78, 5) is 12.2. The van der Waals surface area contributed by atoms with Crippen molar-refractivity contribution in [1.29, 1.82) is 0 Å². The second-order valence-electron chi connectivity index (χ2n) is 5.88. The minimum absolute atomic E-state index is 0.0394. The van der Waals surface area contributed by atoms with Gasteiger partial charge in [0.05, 0.1) is 20.6 Å². The highest BCUT2D eigenvalue weighted by atomic mass is 35.5. The van der Waals surface area contributed by atoms with Gasteiger partial charge in [0.15, 0.2) is 5.78 Å². The van der Waals surface area contributed by atoms with Gasteiger partial charge in [0.1, 0.15) is 5.75 Å². The molecule has 130 valence electrons. The summed E-state index contributed by atoms with van der Waals surface area (Å²) >= 11 is 17.8. The first-order chi connectivity index (χ1) is 11.0. The molecule has 0 spiro atoms. The molecule has 0 aliphatic carbocycles. The van der Waals surface area contributed by atoms with Crippen LogP contribution in [0.1, 0.15) is 81.5 Å². The fourth-order valence-corrected chi connectivity index (χ4v) is 3.27. The van der Waals surface area contributed by atoms with Crippen LogP contribution in [0.3, 0.4) is 0 Å². The van der Waals surface area contributed by atoms with Gasteiger partial charge in [-0.15, -0.1) is 0 Å². The maximum absolute atomic E-state index is 12.2. The van der Waals surface area contributed by atoms with Crippen molar-refractivity contribution < 1.29 is 9.90 Å². The van der Waals surface area contributed by atoms with Gasteiger partial charge >= 0.3 is 0 Å². The van der Waals surface area contributed by atoms with Gasteiger partial charge in [0, 0.05) is 12.5 Å². The summed E-state index contributed by atoms with van der Waals surface area (Å²) in [6, 6.07) is 1.26. The van der Waals surface area contributed by atoms with Crippen LogP contribution in [-0.2, 0) is 0 Å². The van der Waals surface area contributed by atoms with Crippen molar-refractivity contribution in [3.05, 3.63) is 26.7 Å². The van der Waals surface area contributed by atoms with Crippen LogP contribution in [-0.4, -0.2) is 10.9 Å². The van der Waals surface area contributed by atoms with Crippen LogP contribution >= 0.6 is 34.8 Å². The third-order valence-corrected chi connectivity index (χ3v) is 5.19. The molecule has 2 nitrogen and oxygen atoms in total. The highest BCUT2D eigenvalue weighted by molar-refractivity contribution is 6.49. The van der Waals surface area contributed by atoms with Crippen molar-refractivity contribution in [3.8, 4) is 5.75 Å². The minimum atomic E-state index is -0.203. The Labute approximate surface area is 154 Å². The van der Waals surface area contributed by atoms with Crippen molar-refractivity contribution in [2.24, 2.45) is 0 Å². The maximum atomic E-state index is 12.2. The van der Waals surface area contributed by atoms with E-state index in [1.165, 1.54) is 44.6 Å².